The first-order chi connectivity index (χ1) is 12.0. The van der Waals surface area contributed by atoms with Crippen molar-refractivity contribution >= 4 is 27.9 Å². The summed E-state index contributed by atoms with van der Waals surface area (Å²) in [6, 6.07) is 6.90. The van der Waals surface area contributed by atoms with Crippen LogP contribution in [0.3, 0.4) is 0 Å². The van der Waals surface area contributed by atoms with E-state index in [9.17, 15) is 9.59 Å². The lowest BCUT2D eigenvalue weighted by atomic mass is 9.92. The number of aryl methyl sites for hydroxylation is 1. The molecule has 3 rings (SSSR count). The molecule has 0 spiro atoms. The van der Waals surface area contributed by atoms with Gasteiger partial charge in [-0.25, -0.2) is 9.48 Å². The van der Waals surface area contributed by atoms with E-state index in [1.54, 1.807) is 11.6 Å². The van der Waals surface area contributed by atoms with Crippen LogP contribution in [0.15, 0.2) is 28.7 Å². The summed E-state index contributed by atoms with van der Waals surface area (Å²) >= 11 is 3.40. The fourth-order valence-corrected chi connectivity index (χ4v) is 3.19. The monoisotopic (exact) mass is 406 g/mol. The quantitative estimate of drug-likeness (QED) is 0.742. The number of rotatable bonds is 6. The lowest BCUT2D eigenvalue weighted by Crippen LogP contribution is -2.40. The molecular weight excluding hydrogens is 388 g/mol. The Labute approximate surface area is 153 Å². The summed E-state index contributed by atoms with van der Waals surface area (Å²) in [5.41, 5.74) is -0.393. The largest absolute Gasteiger partial charge is 0.325 e. The number of benzene rings is 1. The molecule has 132 valence electrons. The minimum Gasteiger partial charge on any atom is -0.319 e. The van der Waals surface area contributed by atoms with Crippen molar-refractivity contribution in [1.82, 2.24) is 30.4 Å². The number of carbonyl (C=O) groups excluding carboxylic acids is 2. The number of nitrogens with one attached hydrogen (secondary N) is 1. The van der Waals surface area contributed by atoms with E-state index in [0.29, 0.717) is 17.9 Å². The van der Waals surface area contributed by atoms with Gasteiger partial charge in [0.25, 0.3) is 5.91 Å². The molecule has 25 heavy (non-hydrogen) atoms. The smallest absolute Gasteiger partial charge is 0.319 e. The van der Waals surface area contributed by atoms with E-state index in [0.717, 1.165) is 22.2 Å². The summed E-state index contributed by atoms with van der Waals surface area (Å²) in [6.07, 6.45) is 1.93. The third-order valence-electron chi connectivity index (χ3n) is 4.31. The summed E-state index contributed by atoms with van der Waals surface area (Å²) in [4.78, 5) is 26.5. The zero-order valence-electron chi connectivity index (χ0n) is 14.1. The number of imide groups is 1. The summed E-state index contributed by atoms with van der Waals surface area (Å²) < 4.78 is 2.48. The summed E-state index contributed by atoms with van der Waals surface area (Å²) in [7, 11) is 0. The van der Waals surface area contributed by atoms with Crippen LogP contribution in [0.25, 0.3) is 0 Å². The lowest BCUT2D eigenvalue weighted by Gasteiger charge is -2.22. The third kappa shape index (κ3) is 3.28. The van der Waals surface area contributed by atoms with Gasteiger partial charge in [0.15, 0.2) is 5.82 Å². The van der Waals surface area contributed by atoms with E-state index in [4.69, 9.17) is 0 Å². The maximum absolute atomic E-state index is 13.0. The molecule has 2 aromatic rings. The van der Waals surface area contributed by atoms with Crippen LogP contribution >= 0.6 is 15.9 Å². The van der Waals surface area contributed by atoms with E-state index in [1.165, 1.54) is 0 Å². The highest BCUT2D eigenvalue weighted by molar-refractivity contribution is 9.10. The Bertz CT molecular complexity index is 807. The second-order valence-corrected chi connectivity index (χ2v) is 7.04. The molecule has 1 aromatic heterocycles. The Balaban J connectivity index is 1.84. The second kappa shape index (κ2) is 6.91. The Morgan fingerprint density at radius 2 is 2.12 bits per heavy atom. The minimum atomic E-state index is -1.11. The van der Waals surface area contributed by atoms with Crippen molar-refractivity contribution in [2.45, 2.75) is 45.3 Å². The van der Waals surface area contributed by atoms with Crippen molar-refractivity contribution < 1.29 is 9.59 Å². The highest BCUT2D eigenvalue weighted by Gasteiger charge is 2.49. The van der Waals surface area contributed by atoms with Crippen LogP contribution in [0, 0.1) is 0 Å². The predicted molar refractivity (Wildman–Crippen MR) is 93.3 cm³/mol. The first-order valence-corrected chi connectivity index (χ1v) is 8.90. The van der Waals surface area contributed by atoms with Gasteiger partial charge in [-0.3, -0.25) is 9.69 Å². The molecule has 0 radical (unpaired) electrons. The van der Waals surface area contributed by atoms with E-state index in [1.807, 2.05) is 24.3 Å². The molecule has 1 N–H and O–H groups in total. The van der Waals surface area contributed by atoms with Crippen molar-refractivity contribution in [2.75, 3.05) is 0 Å². The van der Waals surface area contributed by atoms with Gasteiger partial charge in [0.05, 0.1) is 6.54 Å². The van der Waals surface area contributed by atoms with Crippen molar-refractivity contribution in [3.05, 3.63) is 40.1 Å². The average Bonchev–Trinajstić information content (AvgIpc) is 3.11. The second-order valence-electron chi connectivity index (χ2n) is 6.13. The standard InChI is InChI=1S/C16H19BrN6O2/c1-3-4-8-23-13(19-20-21-23)10-22-14(24)16(2,18-15(22)25)11-6-5-7-12(17)9-11/h5-7,9H,3-4,8,10H2,1-2H3,(H,18,25)/t16-/m1/s1. The number of carbonyl (C=O) groups is 2. The summed E-state index contributed by atoms with van der Waals surface area (Å²) in [6.45, 7) is 4.48. The Morgan fingerprint density at radius 1 is 1.32 bits per heavy atom. The predicted octanol–water partition coefficient (Wildman–Crippen LogP) is 2.20. The number of halogens is 1. The van der Waals surface area contributed by atoms with Gasteiger partial charge in [0.2, 0.25) is 0 Å². The molecule has 2 heterocycles. The number of tetrazole rings is 1. The number of hydrogen-bond donors (Lipinski definition) is 1. The zero-order valence-corrected chi connectivity index (χ0v) is 15.7. The van der Waals surface area contributed by atoms with E-state index in [2.05, 4.69) is 43.7 Å². The number of hydrogen-bond acceptors (Lipinski definition) is 5. The Hall–Kier alpha value is -2.29. The van der Waals surface area contributed by atoms with E-state index >= 15 is 0 Å². The van der Waals surface area contributed by atoms with Crippen LogP contribution in [-0.2, 0) is 23.4 Å². The fourth-order valence-electron chi connectivity index (χ4n) is 2.80. The lowest BCUT2D eigenvalue weighted by molar-refractivity contribution is -0.131. The summed E-state index contributed by atoms with van der Waals surface area (Å²) in [5, 5.41) is 14.3. The number of amides is 3. The number of aromatic nitrogens is 4. The normalized spacial score (nSPS) is 20.2. The number of nitrogens with zero attached hydrogens (tertiary/aromatic N) is 5. The molecule has 0 unspecified atom stereocenters. The Morgan fingerprint density at radius 3 is 2.84 bits per heavy atom. The van der Waals surface area contributed by atoms with Gasteiger partial charge in [0, 0.05) is 11.0 Å². The van der Waals surface area contributed by atoms with Gasteiger partial charge in [-0.2, -0.15) is 0 Å². The van der Waals surface area contributed by atoms with Crippen LogP contribution in [-0.4, -0.2) is 37.0 Å². The first kappa shape index (κ1) is 17.5. The Kier molecular flexibility index (Phi) is 4.85. The van der Waals surface area contributed by atoms with Crippen molar-refractivity contribution in [3.63, 3.8) is 0 Å². The molecule has 9 heteroatoms. The maximum atomic E-state index is 13.0. The third-order valence-corrected chi connectivity index (χ3v) is 4.80. The average molecular weight is 407 g/mol. The van der Waals surface area contributed by atoms with Gasteiger partial charge in [-0.15, -0.1) is 5.10 Å². The van der Waals surface area contributed by atoms with Crippen LogP contribution < -0.4 is 5.32 Å². The highest BCUT2D eigenvalue weighted by Crippen LogP contribution is 2.31. The van der Waals surface area contributed by atoms with E-state index in [-0.39, 0.29) is 12.5 Å². The van der Waals surface area contributed by atoms with Crippen LogP contribution in [0.2, 0.25) is 0 Å². The molecule has 1 fully saturated rings. The SMILES string of the molecule is CCCCn1nnnc1CN1C(=O)N[C@](C)(c2cccc(Br)c2)C1=O. The fraction of sp³-hybridized carbons (Fsp3) is 0.438. The van der Waals surface area contributed by atoms with Crippen LogP contribution in [0.4, 0.5) is 4.79 Å². The molecule has 0 bridgehead atoms. The maximum Gasteiger partial charge on any atom is 0.325 e. The molecule has 1 aliphatic rings. The number of unbranched alkanes of at least 4 members (excludes halogenated alkanes) is 1. The molecule has 1 aromatic carbocycles. The van der Waals surface area contributed by atoms with Gasteiger partial charge >= 0.3 is 6.03 Å². The highest BCUT2D eigenvalue weighted by atomic mass is 79.9. The molecule has 8 nitrogen and oxygen atoms in total. The minimum absolute atomic E-state index is 0.0466. The molecule has 1 aliphatic heterocycles. The van der Waals surface area contributed by atoms with Crippen molar-refractivity contribution in [2.24, 2.45) is 0 Å². The van der Waals surface area contributed by atoms with Crippen LogP contribution in [0.5, 0.6) is 0 Å². The molecule has 1 saturated heterocycles. The van der Waals surface area contributed by atoms with Crippen molar-refractivity contribution in [1.29, 1.82) is 0 Å². The van der Waals surface area contributed by atoms with E-state index < -0.39 is 11.6 Å². The molecular formula is C16H19BrN6O2. The van der Waals surface area contributed by atoms with Crippen LogP contribution in [0.1, 0.15) is 38.1 Å². The molecule has 1 atom stereocenters. The first-order valence-electron chi connectivity index (χ1n) is 8.11. The van der Waals surface area contributed by atoms with Gasteiger partial charge < -0.3 is 5.32 Å². The summed E-state index contributed by atoms with van der Waals surface area (Å²) in [5.74, 6) is 0.177. The zero-order chi connectivity index (χ0) is 18.0. The topological polar surface area (TPSA) is 93.0 Å². The van der Waals surface area contributed by atoms with Gasteiger partial charge in [-0.05, 0) is 41.5 Å². The van der Waals surface area contributed by atoms with Crippen molar-refractivity contribution in [3.8, 4) is 0 Å². The van der Waals surface area contributed by atoms with Gasteiger partial charge in [0.1, 0.15) is 5.54 Å². The number of urea groups is 1. The molecule has 3 amide bonds. The molecule has 0 saturated carbocycles. The van der Waals surface area contributed by atoms with Gasteiger partial charge in [-0.1, -0.05) is 41.4 Å². The molecule has 0 aliphatic carbocycles.